The first kappa shape index (κ1) is 16.7. The molecule has 0 fully saturated rings. The van der Waals surface area contributed by atoms with Gasteiger partial charge in [0.25, 0.3) is 0 Å². The zero-order chi connectivity index (χ0) is 16.0. The molecule has 0 aliphatic carbocycles. The van der Waals surface area contributed by atoms with Gasteiger partial charge >= 0.3 is 0 Å². The van der Waals surface area contributed by atoms with E-state index >= 15 is 0 Å². The van der Waals surface area contributed by atoms with E-state index in [0.717, 1.165) is 16.7 Å². The third-order valence-corrected chi connectivity index (χ3v) is 4.70. The Kier molecular flexibility index (Phi) is 5.71. The number of sulfonamides is 1. The normalized spacial score (nSPS) is 13.0. The second-order valence-electron chi connectivity index (χ2n) is 5.18. The van der Waals surface area contributed by atoms with Gasteiger partial charge in [-0.15, -0.1) is 0 Å². The van der Waals surface area contributed by atoms with Crippen molar-refractivity contribution in [1.29, 1.82) is 0 Å². The molecule has 0 saturated heterocycles. The number of rotatable bonds is 7. The predicted molar refractivity (Wildman–Crippen MR) is 88.3 cm³/mol. The van der Waals surface area contributed by atoms with Crippen LogP contribution in [0, 0.1) is 6.92 Å². The van der Waals surface area contributed by atoms with Crippen molar-refractivity contribution in [1.82, 2.24) is 4.72 Å². The lowest BCUT2D eigenvalue weighted by atomic mass is 9.99. The average molecular weight is 319 g/mol. The first-order valence-corrected chi connectivity index (χ1v) is 8.77. The highest BCUT2D eigenvalue weighted by Gasteiger charge is 2.20. The van der Waals surface area contributed by atoms with E-state index in [1.54, 1.807) is 0 Å². The number of nitrogens with one attached hydrogen (secondary N) is 1. The molecule has 0 bridgehead atoms. The summed E-state index contributed by atoms with van der Waals surface area (Å²) in [6.45, 7) is 2.18. The molecule has 0 aliphatic rings. The zero-order valence-corrected chi connectivity index (χ0v) is 13.6. The Morgan fingerprint density at radius 2 is 1.59 bits per heavy atom. The predicted octanol–water partition coefficient (Wildman–Crippen LogP) is 2.65. The van der Waals surface area contributed by atoms with Crippen molar-refractivity contribution in [3.05, 3.63) is 71.3 Å². The number of hydrogen-bond acceptors (Lipinski definition) is 3. The summed E-state index contributed by atoms with van der Waals surface area (Å²) in [4.78, 5) is 0. The topological polar surface area (TPSA) is 55.4 Å². The first-order valence-electron chi connectivity index (χ1n) is 7.12. The van der Waals surface area contributed by atoms with Gasteiger partial charge < -0.3 is 4.74 Å². The summed E-state index contributed by atoms with van der Waals surface area (Å²) in [7, 11) is -1.93. The van der Waals surface area contributed by atoms with Gasteiger partial charge in [-0.25, -0.2) is 13.1 Å². The molecular weight excluding hydrogens is 298 g/mol. The minimum Gasteiger partial charge on any atom is -0.384 e. The van der Waals surface area contributed by atoms with Crippen LogP contribution >= 0.6 is 0 Å². The largest absolute Gasteiger partial charge is 0.384 e. The number of ether oxygens (including phenoxy) is 1. The Morgan fingerprint density at radius 3 is 2.18 bits per heavy atom. The Labute approximate surface area is 132 Å². The summed E-state index contributed by atoms with van der Waals surface area (Å²) in [5.41, 5.74) is 2.96. The van der Waals surface area contributed by atoms with Crippen LogP contribution < -0.4 is 4.72 Å². The molecule has 0 saturated carbocycles. The Hall–Kier alpha value is -1.69. The average Bonchev–Trinajstić information content (AvgIpc) is 2.53. The standard InChI is InChI=1S/C17H21NO3S/c1-14-8-10-16(11-9-14)17(15-6-4-3-5-7-15)18-22(19,20)13-12-21-2/h3-11,17-18H,12-13H2,1-2H3/t17-/m0/s1. The van der Waals surface area contributed by atoms with Crippen LogP contribution in [0.1, 0.15) is 22.7 Å². The van der Waals surface area contributed by atoms with Crippen LogP contribution in [0.2, 0.25) is 0 Å². The molecule has 0 amide bonds. The van der Waals surface area contributed by atoms with E-state index in [0.29, 0.717) is 0 Å². The molecule has 0 spiro atoms. The summed E-state index contributed by atoms with van der Waals surface area (Å²) < 4.78 is 32.1. The van der Waals surface area contributed by atoms with E-state index in [2.05, 4.69) is 4.72 Å². The fraction of sp³-hybridized carbons (Fsp3) is 0.294. The number of methoxy groups -OCH3 is 1. The maximum absolute atomic E-state index is 12.2. The quantitative estimate of drug-likeness (QED) is 0.853. The van der Waals surface area contributed by atoms with E-state index in [9.17, 15) is 8.42 Å². The van der Waals surface area contributed by atoms with Gasteiger partial charge in [-0.05, 0) is 18.1 Å². The second kappa shape index (κ2) is 7.54. The smallest absolute Gasteiger partial charge is 0.214 e. The van der Waals surface area contributed by atoms with Crippen molar-refractivity contribution in [3.63, 3.8) is 0 Å². The fourth-order valence-corrected chi connectivity index (χ4v) is 3.30. The molecule has 0 heterocycles. The molecule has 1 N–H and O–H groups in total. The van der Waals surface area contributed by atoms with Crippen molar-refractivity contribution < 1.29 is 13.2 Å². The zero-order valence-electron chi connectivity index (χ0n) is 12.8. The highest BCUT2D eigenvalue weighted by Crippen LogP contribution is 2.23. The summed E-state index contributed by atoms with van der Waals surface area (Å²) in [6, 6.07) is 17.0. The Morgan fingerprint density at radius 1 is 1.00 bits per heavy atom. The van der Waals surface area contributed by atoms with Gasteiger partial charge in [0, 0.05) is 7.11 Å². The second-order valence-corrected chi connectivity index (χ2v) is 7.06. The molecule has 118 valence electrons. The van der Waals surface area contributed by atoms with Gasteiger partial charge in [-0.2, -0.15) is 0 Å². The van der Waals surface area contributed by atoms with Crippen LogP contribution in [0.5, 0.6) is 0 Å². The van der Waals surface area contributed by atoms with Gasteiger partial charge in [0.15, 0.2) is 0 Å². The van der Waals surface area contributed by atoms with Crippen LogP contribution in [0.15, 0.2) is 54.6 Å². The molecule has 0 aromatic heterocycles. The molecule has 0 radical (unpaired) electrons. The highest BCUT2D eigenvalue weighted by molar-refractivity contribution is 7.89. The van der Waals surface area contributed by atoms with Crippen LogP contribution in [0.25, 0.3) is 0 Å². The molecule has 1 atom stereocenters. The molecule has 0 aliphatic heterocycles. The third-order valence-electron chi connectivity index (χ3n) is 3.40. The summed E-state index contributed by atoms with van der Waals surface area (Å²) in [5.74, 6) is -0.0569. The van der Waals surface area contributed by atoms with Crippen LogP contribution in [-0.4, -0.2) is 27.9 Å². The van der Waals surface area contributed by atoms with Crippen molar-refractivity contribution in [2.24, 2.45) is 0 Å². The highest BCUT2D eigenvalue weighted by atomic mass is 32.2. The van der Waals surface area contributed by atoms with E-state index in [1.807, 2.05) is 61.5 Å². The van der Waals surface area contributed by atoms with Crippen molar-refractivity contribution in [3.8, 4) is 0 Å². The molecule has 0 unspecified atom stereocenters. The Bertz CT molecular complexity index is 682. The summed E-state index contributed by atoms with van der Waals surface area (Å²) >= 11 is 0. The number of aryl methyl sites for hydroxylation is 1. The lowest BCUT2D eigenvalue weighted by Crippen LogP contribution is -2.32. The minimum atomic E-state index is -3.42. The van der Waals surface area contributed by atoms with Crippen LogP contribution in [-0.2, 0) is 14.8 Å². The van der Waals surface area contributed by atoms with Gasteiger partial charge in [-0.1, -0.05) is 60.2 Å². The lowest BCUT2D eigenvalue weighted by molar-refractivity contribution is 0.217. The maximum Gasteiger partial charge on any atom is 0.214 e. The monoisotopic (exact) mass is 319 g/mol. The summed E-state index contributed by atoms with van der Waals surface area (Å²) in [5, 5.41) is 0. The Balaban J connectivity index is 2.32. The van der Waals surface area contributed by atoms with Crippen molar-refractivity contribution in [2.45, 2.75) is 13.0 Å². The van der Waals surface area contributed by atoms with Gasteiger partial charge in [-0.3, -0.25) is 0 Å². The molecule has 2 aromatic carbocycles. The molecule has 5 heteroatoms. The van der Waals surface area contributed by atoms with Crippen molar-refractivity contribution >= 4 is 10.0 Å². The lowest BCUT2D eigenvalue weighted by Gasteiger charge is -2.20. The van der Waals surface area contributed by atoms with Crippen LogP contribution in [0.4, 0.5) is 0 Å². The van der Waals surface area contributed by atoms with E-state index in [4.69, 9.17) is 4.74 Å². The number of benzene rings is 2. The summed E-state index contributed by atoms with van der Waals surface area (Å²) in [6.07, 6.45) is 0. The maximum atomic E-state index is 12.2. The number of hydrogen-bond donors (Lipinski definition) is 1. The molecular formula is C17H21NO3S. The third kappa shape index (κ3) is 4.66. The van der Waals surface area contributed by atoms with E-state index in [-0.39, 0.29) is 12.4 Å². The fourth-order valence-electron chi connectivity index (χ4n) is 2.16. The molecule has 2 rings (SSSR count). The molecule has 2 aromatic rings. The van der Waals surface area contributed by atoms with Gasteiger partial charge in [0.05, 0.1) is 18.4 Å². The van der Waals surface area contributed by atoms with E-state index in [1.165, 1.54) is 7.11 Å². The molecule has 4 nitrogen and oxygen atoms in total. The minimum absolute atomic E-state index is 0.0569. The van der Waals surface area contributed by atoms with Gasteiger partial charge in [0.1, 0.15) is 0 Å². The van der Waals surface area contributed by atoms with E-state index < -0.39 is 16.1 Å². The van der Waals surface area contributed by atoms with Crippen LogP contribution in [0.3, 0.4) is 0 Å². The van der Waals surface area contributed by atoms with Gasteiger partial charge in [0.2, 0.25) is 10.0 Å². The first-order chi connectivity index (χ1) is 10.5. The SMILES string of the molecule is COCCS(=O)(=O)N[C@@H](c1ccccc1)c1ccc(C)cc1. The molecule has 22 heavy (non-hydrogen) atoms. The van der Waals surface area contributed by atoms with Crippen molar-refractivity contribution in [2.75, 3.05) is 19.5 Å².